The van der Waals surface area contributed by atoms with Gasteiger partial charge in [0.2, 0.25) is 5.78 Å². The number of rotatable bonds is 5. The molecule has 0 unspecified atom stereocenters. The van der Waals surface area contributed by atoms with E-state index in [-0.39, 0.29) is 23.1 Å². The summed E-state index contributed by atoms with van der Waals surface area (Å²) in [5.74, 6) is -0.125. The average molecular weight is 329 g/mol. The number of furan rings is 1. The van der Waals surface area contributed by atoms with Gasteiger partial charge in [0.15, 0.2) is 16.5 Å². The standard InChI is InChI=1S/C17H12FNO3S/c18-12-3-1-11(2-4-12)9-13-5-6-16(22-13)14(20)10-15(21)17-19-7-8-23-17/h1-8,10,20H,9H2. The van der Waals surface area contributed by atoms with E-state index < -0.39 is 0 Å². The summed E-state index contributed by atoms with van der Waals surface area (Å²) in [4.78, 5) is 15.7. The third kappa shape index (κ3) is 3.73. The van der Waals surface area contributed by atoms with Gasteiger partial charge < -0.3 is 9.52 Å². The minimum absolute atomic E-state index is 0.201. The van der Waals surface area contributed by atoms with Gasteiger partial charge in [-0.2, -0.15) is 0 Å². The molecule has 0 radical (unpaired) electrons. The van der Waals surface area contributed by atoms with Crippen LogP contribution >= 0.6 is 11.3 Å². The van der Waals surface area contributed by atoms with Crippen molar-refractivity contribution in [1.29, 1.82) is 0 Å². The third-order valence-electron chi connectivity index (χ3n) is 3.12. The van der Waals surface area contributed by atoms with Crippen LogP contribution in [0, 0.1) is 5.82 Å². The molecule has 23 heavy (non-hydrogen) atoms. The Morgan fingerprint density at radius 1 is 1.26 bits per heavy atom. The Balaban J connectivity index is 1.73. The predicted molar refractivity (Wildman–Crippen MR) is 85.0 cm³/mol. The molecule has 0 aliphatic rings. The molecule has 0 fully saturated rings. The molecule has 1 N–H and O–H groups in total. The number of aromatic nitrogens is 1. The SMILES string of the molecule is O=C(C=C(O)c1ccc(Cc2ccc(F)cc2)o1)c1nccs1. The fourth-order valence-corrected chi connectivity index (χ4v) is 2.56. The molecule has 0 saturated heterocycles. The summed E-state index contributed by atoms with van der Waals surface area (Å²) >= 11 is 1.20. The zero-order valence-corrected chi connectivity index (χ0v) is 12.7. The van der Waals surface area contributed by atoms with E-state index in [1.807, 2.05) is 0 Å². The highest BCUT2D eigenvalue weighted by molar-refractivity contribution is 7.11. The molecule has 0 aliphatic carbocycles. The van der Waals surface area contributed by atoms with Gasteiger partial charge in [0.05, 0.1) is 0 Å². The number of nitrogens with zero attached hydrogens (tertiary/aromatic N) is 1. The molecule has 0 atom stereocenters. The molecule has 0 spiro atoms. The predicted octanol–water partition coefficient (Wildman–Crippen LogP) is 4.25. The summed E-state index contributed by atoms with van der Waals surface area (Å²) in [5, 5.41) is 12.0. The first-order valence-electron chi connectivity index (χ1n) is 6.80. The fourth-order valence-electron chi connectivity index (χ4n) is 2.02. The van der Waals surface area contributed by atoms with Gasteiger partial charge in [-0.05, 0) is 29.8 Å². The number of carbonyl (C=O) groups excluding carboxylic acids is 1. The summed E-state index contributed by atoms with van der Waals surface area (Å²) in [6.45, 7) is 0. The van der Waals surface area contributed by atoms with Crippen molar-refractivity contribution in [3.05, 3.63) is 82.0 Å². The number of carbonyl (C=O) groups is 1. The first kappa shape index (κ1) is 15.2. The van der Waals surface area contributed by atoms with Crippen LogP contribution in [-0.4, -0.2) is 15.9 Å². The van der Waals surface area contributed by atoms with Crippen LogP contribution in [0.15, 0.2) is 58.5 Å². The van der Waals surface area contributed by atoms with Gasteiger partial charge in [-0.3, -0.25) is 4.79 Å². The van der Waals surface area contributed by atoms with Crippen molar-refractivity contribution < 1.29 is 18.7 Å². The van der Waals surface area contributed by atoms with Crippen molar-refractivity contribution in [3.63, 3.8) is 0 Å². The molecular formula is C17H12FNO3S. The molecule has 3 rings (SSSR count). The maximum Gasteiger partial charge on any atom is 0.218 e. The number of hydrogen-bond acceptors (Lipinski definition) is 5. The largest absolute Gasteiger partial charge is 0.504 e. The molecule has 0 saturated carbocycles. The number of thiazole rings is 1. The van der Waals surface area contributed by atoms with E-state index in [1.165, 1.54) is 29.7 Å². The third-order valence-corrected chi connectivity index (χ3v) is 3.90. The van der Waals surface area contributed by atoms with Crippen LogP contribution in [0.1, 0.15) is 26.9 Å². The molecule has 1 aromatic carbocycles. The lowest BCUT2D eigenvalue weighted by atomic mass is 10.1. The Morgan fingerprint density at radius 2 is 2.04 bits per heavy atom. The highest BCUT2D eigenvalue weighted by atomic mass is 32.1. The Labute approximate surface area is 135 Å². The van der Waals surface area contributed by atoms with E-state index >= 15 is 0 Å². The quantitative estimate of drug-likeness (QED) is 0.432. The number of halogens is 1. The molecule has 2 aromatic heterocycles. The molecule has 0 amide bonds. The lowest BCUT2D eigenvalue weighted by Crippen LogP contribution is -1.94. The fraction of sp³-hybridized carbons (Fsp3) is 0.0588. The van der Waals surface area contributed by atoms with Crippen molar-refractivity contribution in [2.24, 2.45) is 0 Å². The van der Waals surface area contributed by atoms with E-state index in [4.69, 9.17) is 4.42 Å². The molecule has 4 nitrogen and oxygen atoms in total. The van der Waals surface area contributed by atoms with Crippen molar-refractivity contribution in [3.8, 4) is 0 Å². The van der Waals surface area contributed by atoms with Crippen LogP contribution < -0.4 is 0 Å². The van der Waals surface area contributed by atoms with E-state index in [0.29, 0.717) is 17.2 Å². The summed E-state index contributed by atoms with van der Waals surface area (Å²) in [6, 6.07) is 9.38. The first-order valence-corrected chi connectivity index (χ1v) is 7.68. The monoisotopic (exact) mass is 329 g/mol. The molecule has 3 aromatic rings. The Bertz CT molecular complexity index is 835. The first-order chi connectivity index (χ1) is 11.1. The summed E-state index contributed by atoms with van der Waals surface area (Å²) in [7, 11) is 0. The van der Waals surface area contributed by atoms with E-state index in [1.54, 1.807) is 29.6 Å². The Hall–Kier alpha value is -2.73. The molecule has 6 heteroatoms. The van der Waals surface area contributed by atoms with Crippen LogP contribution in [0.2, 0.25) is 0 Å². The van der Waals surface area contributed by atoms with Crippen molar-refractivity contribution in [2.75, 3.05) is 0 Å². The van der Waals surface area contributed by atoms with Gasteiger partial charge in [0.25, 0.3) is 0 Å². The molecule has 0 bridgehead atoms. The number of ketones is 1. The van der Waals surface area contributed by atoms with Crippen LogP contribution in [0.25, 0.3) is 5.76 Å². The van der Waals surface area contributed by atoms with Gasteiger partial charge in [0.1, 0.15) is 11.6 Å². The average Bonchev–Trinajstić information content (AvgIpc) is 3.21. The van der Waals surface area contributed by atoms with Crippen molar-refractivity contribution in [1.82, 2.24) is 4.98 Å². The Kier molecular flexibility index (Phi) is 4.34. The second-order valence-corrected chi connectivity index (χ2v) is 5.69. The van der Waals surface area contributed by atoms with Gasteiger partial charge >= 0.3 is 0 Å². The number of aliphatic hydroxyl groups excluding tert-OH is 1. The second-order valence-electron chi connectivity index (χ2n) is 4.80. The number of aliphatic hydroxyl groups is 1. The molecule has 116 valence electrons. The highest BCUT2D eigenvalue weighted by Crippen LogP contribution is 2.19. The van der Waals surface area contributed by atoms with Gasteiger partial charge in [-0.25, -0.2) is 9.37 Å². The zero-order chi connectivity index (χ0) is 16.2. The number of hydrogen-bond donors (Lipinski definition) is 1. The smallest absolute Gasteiger partial charge is 0.218 e. The molecular weight excluding hydrogens is 317 g/mol. The normalized spacial score (nSPS) is 11.6. The van der Waals surface area contributed by atoms with Gasteiger partial charge in [0, 0.05) is 24.1 Å². The topological polar surface area (TPSA) is 63.3 Å². The maximum atomic E-state index is 12.9. The minimum atomic E-state index is -0.381. The zero-order valence-electron chi connectivity index (χ0n) is 11.9. The number of benzene rings is 1. The number of allylic oxidation sites excluding steroid dienone is 1. The van der Waals surface area contributed by atoms with Gasteiger partial charge in [-0.1, -0.05) is 12.1 Å². The van der Waals surface area contributed by atoms with Crippen LogP contribution in [0.3, 0.4) is 0 Å². The summed E-state index contributed by atoms with van der Waals surface area (Å²) < 4.78 is 18.4. The minimum Gasteiger partial charge on any atom is -0.504 e. The van der Waals surface area contributed by atoms with Crippen LogP contribution in [0.4, 0.5) is 4.39 Å². The van der Waals surface area contributed by atoms with E-state index in [2.05, 4.69) is 4.98 Å². The van der Waals surface area contributed by atoms with Crippen LogP contribution in [0.5, 0.6) is 0 Å². The highest BCUT2D eigenvalue weighted by Gasteiger charge is 2.11. The summed E-state index contributed by atoms with van der Waals surface area (Å²) in [6.07, 6.45) is 3.07. The lowest BCUT2D eigenvalue weighted by molar-refractivity contribution is 0.104. The molecule has 0 aliphatic heterocycles. The Morgan fingerprint density at radius 3 is 2.74 bits per heavy atom. The maximum absolute atomic E-state index is 12.9. The van der Waals surface area contributed by atoms with Gasteiger partial charge in [-0.15, -0.1) is 11.3 Å². The molecule has 2 heterocycles. The van der Waals surface area contributed by atoms with Crippen molar-refractivity contribution in [2.45, 2.75) is 6.42 Å². The van der Waals surface area contributed by atoms with E-state index in [0.717, 1.165) is 11.6 Å². The summed E-state index contributed by atoms with van der Waals surface area (Å²) in [5.41, 5.74) is 0.884. The second kappa shape index (κ2) is 6.58. The van der Waals surface area contributed by atoms with E-state index in [9.17, 15) is 14.3 Å². The van der Waals surface area contributed by atoms with Crippen molar-refractivity contribution >= 4 is 22.9 Å². The lowest BCUT2D eigenvalue weighted by Gasteiger charge is -1.99. The van der Waals surface area contributed by atoms with Crippen LogP contribution in [-0.2, 0) is 6.42 Å².